The Morgan fingerprint density at radius 1 is 1.35 bits per heavy atom. The van der Waals surface area contributed by atoms with Crippen LogP contribution >= 0.6 is 11.6 Å². The van der Waals surface area contributed by atoms with Gasteiger partial charge in [-0.3, -0.25) is 0 Å². The van der Waals surface area contributed by atoms with Crippen molar-refractivity contribution in [3.63, 3.8) is 0 Å². The first kappa shape index (κ1) is 14.5. The Morgan fingerprint density at radius 2 is 2.12 bits per heavy atom. The number of benzene rings is 1. The van der Waals surface area contributed by atoms with Gasteiger partial charge < -0.3 is 5.32 Å². The van der Waals surface area contributed by atoms with Crippen LogP contribution in [0.5, 0.6) is 0 Å². The van der Waals surface area contributed by atoms with E-state index in [1.165, 1.54) is 25.3 Å². The molecule has 17 heavy (non-hydrogen) atoms. The van der Waals surface area contributed by atoms with Gasteiger partial charge in [0.15, 0.2) is 0 Å². The van der Waals surface area contributed by atoms with Crippen LogP contribution in [0, 0.1) is 5.82 Å². The molecule has 0 aliphatic heterocycles. The summed E-state index contributed by atoms with van der Waals surface area (Å²) in [4.78, 5) is 0. The molecule has 1 aromatic rings. The van der Waals surface area contributed by atoms with Crippen molar-refractivity contribution in [3.8, 4) is 0 Å². The van der Waals surface area contributed by atoms with Crippen LogP contribution in [0.25, 0.3) is 0 Å². The second kappa shape index (κ2) is 7.67. The average Bonchev–Trinajstić information content (AvgIpc) is 2.32. The Labute approximate surface area is 108 Å². The van der Waals surface area contributed by atoms with Crippen LogP contribution in [0.15, 0.2) is 18.2 Å². The highest BCUT2D eigenvalue weighted by atomic mass is 35.5. The molecule has 0 heterocycles. The molecule has 96 valence electrons. The van der Waals surface area contributed by atoms with E-state index < -0.39 is 0 Å². The third kappa shape index (κ3) is 4.64. The van der Waals surface area contributed by atoms with Gasteiger partial charge in [0, 0.05) is 16.6 Å². The van der Waals surface area contributed by atoms with E-state index in [-0.39, 0.29) is 5.82 Å². The first-order chi connectivity index (χ1) is 8.19. The molecule has 0 aliphatic carbocycles. The molecule has 1 unspecified atom stereocenters. The summed E-state index contributed by atoms with van der Waals surface area (Å²) in [7, 11) is 1.92. The van der Waals surface area contributed by atoms with Gasteiger partial charge in [0.05, 0.1) is 0 Å². The molecule has 0 amide bonds. The van der Waals surface area contributed by atoms with E-state index in [9.17, 15) is 4.39 Å². The lowest BCUT2D eigenvalue weighted by atomic mass is 10.00. The predicted octanol–water partition coefficient (Wildman–Crippen LogP) is 4.19. The van der Waals surface area contributed by atoms with Crippen LogP contribution in [0.4, 0.5) is 4.39 Å². The lowest BCUT2D eigenvalue weighted by molar-refractivity contribution is 0.480. The van der Waals surface area contributed by atoms with Gasteiger partial charge in [-0.15, -0.1) is 0 Å². The lowest BCUT2D eigenvalue weighted by Crippen LogP contribution is -2.28. The maximum atomic E-state index is 13.6. The third-order valence-electron chi connectivity index (χ3n) is 3.08. The van der Waals surface area contributed by atoms with Crippen LogP contribution in [-0.4, -0.2) is 13.1 Å². The molecular formula is C14H21ClFN. The summed E-state index contributed by atoms with van der Waals surface area (Å²) in [5.74, 6) is -0.201. The zero-order chi connectivity index (χ0) is 12.7. The van der Waals surface area contributed by atoms with Crippen molar-refractivity contribution in [1.82, 2.24) is 5.32 Å². The topological polar surface area (TPSA) is 12.0 Å². The Bertz CT molecular complexity index is 321. The minimum atomic E-state index is -0.201. The number of halogens is 2. The van der Waals surface area contributed by atoms with E-state index in [1.54, 1.807) is 12.1 Å². The van der Waals surface area contributed by atoms with Gasteiger partial charge in [0.1, 0.15) is 5.82 Å². The molecule has 0 radical (unpaired) electrons. The van der Waals surface area contributed by atoms with Crippen LogP contribution in [0.1, 0.15) is 38.2 Å². The molecule has 0 saturated carbocycles. The van der Waals surface area contributed by atoms with Crippen molar-refractivity contribution >= 4 is 11.6 Å². The molecular weight excluding hydrogens is 237 g/mol. The highest BCUT2D eigenvalue weighted by Gasteiger charge is 2.13. The minimum absolute atomic E-state index is 0.201. The molecule has 0 aromatic heterocycles. The maximum Gasteiger partial charge on any atom is 0.127 e. The predicted molar refractivity (Wildman–Crippen MR) is 72.1 cm³/mol. The fourth-order valence-electron chi connectivity index (χ4n) is 1.96. The zero-order valence-corrected chi connectivity index (χ0v) is 11.4. The van der Waals surface area contributed by atoms with Crippen molar-refractivity contribution in [1.29, 1.82) is 0 Å². The fraction of sp³-hybridized carbons (Fsp3) is 0.571. The number of hydrogen-bond acceptors (Lipinski definition) is 1. The molecule has 1 atom stereocenters. The summed E-state index contributed by atoms with van der Waals surface area (Å²) >= 11 is 6.02. The standard InChI is InChI=1S/C14H21ClFN/c1-3-4-5-7-11(17-2)10-12-13(15)8-6-9-14(12)16/h6,8-9,11,17H,3-5,7,10H2,1-2H3. The molecule has 1 aromatic carbocycles. The zero-order valence-electron chi connectivity index (χ0n) is 10.6. The van der Waals surface area contributed by atoms with E-state index in [0.29, 0.717) is 23.0 Å². The quantitative estimate of drug-likeness (QED) is 0.723. The fourth-order valence-corrected chi connectivity index (χ4v) is 2.20. The number of rotatable bonds is 7. The Kier molecular flexibility index (Phi) is 6.53. The van der Waals surface area contributed by atoms with Gasteiger partial charge >= 0.3 is 0 Å². The van der Waals surface area contributed by atoms with Crippen molar-refractivity contribution in [3.05, 3.63) is 34.6 Å². The molecule has 0 spiro atoms. The minimum Gasteiger partial charge on any atom is -0.317 e. The number of hydrogen-bond donors (Lipinski definition) is 1. The molecule has 0 aliphatic rings. The van der Waals surface area contributed by atoms with Gasteiger partial charge in [-0.25, -0.2) is 4.39 Å². The smallest absolute Gasteiger partial charge is 0.127 e. The Morgan fingerprint density at radius 3 is 2.71 bits per heavy atom. The molecule has 0 fully saturated rings. The molecule has 0 saturated heterocycles. The normalized spacial score (nSPS) is 12.7. The number of nitrogens with one attached hydrogen (secondary N) is 1. The van der Waals surface area contributed by atoms with Crippen LogP contribution in [-0.2, 0) is 6.42 Å². The SMILES string of the molecule is CCCCCC(Cc1c(F)cccc1Cl)NC. The summed E-state index contributed by atoms with van der Waals surface area (Å²) < 4.78 is 13.6. The highest BCUT2D eigenvalue weighted by Crippen LogP contribution is 2.21. The van der Waals surface area contributed by atoms with Gasteiger partial charge in [-0.05, 0) is 32.0 Å². The first-order valence-electron chi connectivity index (χ1n) is 6.29. The number of unbranched alkanes of at least 4 members (excludes halogenated alkanes) is 2. The van der Waals surface area contributed by atoms with Crippen LogP contribution < -0.4 is 5.32 Å². The molecule has 1 nitrogen and oxygen atoms in total. The van der Waals surface area contributed by atoms with Crippen molar-refractivity contribution in [2.45, 2.75) is 45.1 Å². The maximum absolute atomic E-state index is 13.6. The molecule has 0 bridgehead atoms. The van der Waals surface area contributed by atoms with Gasteiger partial charge in [0.2, 0.25) is 0 Å². The molecule has 3 heteroatoms. The van der Waals surface area contributed by atoms with Crippen molar-refractivity contribution in [2.24, 2.45) is 0 Å². The van der Waals surface area contributed by atoms with Gasteiger partial charge in [-0.1, -0.05) is 43.9 Å². The van der Waals surface area contributed by atoms with Crippen LogP contribution in [0.3, 0.4) is 0 Å². The van der Waals surface area contributed by atoms with Crippen LogP contribution in [0.2, 0.25) is 5.02 Å². The van der Waals surface area contributed by atoms with Gasteiger partial charge in [0.25, 0.3) is 0 Å². The molecule has 1 rings (SSSR count). The van der Waals surface area contributed by atoms with E-state index in [1.807, 2.05) is 7.05 Å². The summed E-state index contributed by atoms with van der Waals surface area (Å²) in [6, 6.07) is 5.17. The number of likely N-dealkylation sites (N-methyl/N-ethyl adjacent to an activating group) is 1. The Hall–Kier alpha value is -0.600. The van der Waals surface area contributed by atoms with E-state index in [0.717, 1.165) is 6.42 Å². The van der Waals surface area contributed by atoms with Crippen molar-refractivity contribution < 1.29 is 4.39 Å². The summed E-state index contributed by atoms with van der Waals surface area (Å²) in [5, 5.41) is 3.77. The molecule has 1 N–H and O–H groups in total. The monoisotopic (exact) mass is 257 g/mol. The summed E-state index contributed by atoms with van der Waals surface area (Å²) in [6.07, 6.45) is 5.33. The summed E-state index contributed by atoms with van der Waals surface area (Å²) in [6.45, 7) is 2.18. The first-order valence-corrected chi connectivity index (χ1v) is 6.67. The van der Waals surface area contributed by atoms with Crippen molar-refractivity contribution in [2.75, 3.05) is 7.05 Å². The highest BCUT2D eigenvalue weighted by molar-refractivity contribution is 6.31. The van der Waals surface area contributed by atoms with E-state index in [4.69, 9.17) is 11.6 Å². The second-order valence-electron chi connectivity index (χ2n) is 4.39. The van der Waals surface area contributed by atoms with E-state index >= 15 is 0 Å². The Balaban J connectivity index is 2.60. The third-order valence-corrected chi connectivity index (χ3v) is 3.43. The average molecular weight is 258 g/mol. The lowest BCUT2D eigenvalue weighted by Gasteiger charge is -2.17. The van der Waals surface area contributed by atoms with E-state index in [2.05, 4.69) is 12.2 Å². The summed E-state index contributed by atoms with van der Waals surface area (Å²) in [5.41, 5.74) is 0.630. The van der Waals surface area contributed by atoms with Gasteiger partial charge in [-0.2, -0.15) is 0 Å². The largest absolute Gasteiger partial charge is 0.317 e. The second-order valence-corrected chi connectivity index (χ2v) is 4.79.